The number of rotatable bonds is 7. The molecule has 1 atom stereocenters. The maximum Gasteiger partial charge on any atom is 0.336 e. The number of para-hydroxylation sites is 1. The number of thiophene rings is 1. The summed E-state index contributed by atoms with van der Waals surface area (Å²) in [5.41, 5.74) is 0.0608. The van der Waals surface area contributed by atoms with Gasteiger partial charge in [-0.3, -0.25) is 14.2 Å². The summed E-state index contributed by atoms with van der Waals surface area (Å²) in [5, 5.41) is 4.59. The van der Waals surface area contributed by atoms with E-state index in [0.717, 1.165) is 28.7 Å². The van der Waals surface area contributed by atoms with E-state index in [1.807, 2.05) is 37.3 Å². The zero-order valence-corrected chi connectivity index (χ0v) is 18.3. The van der Waals surface area contributed by atoms with Crippen LogP contribution < -0.4 is 16.6 Å². The molecule has 0 unspecified atom stereocenters. The maximum absolute atomic E-state index is 14.4. The van der Waals surface area contributed by atoms with Crippen LogP contribution in [-0.2, 0) is 17.8 Å². The second-order valence-corrected chi connectivity index (χ2v) is 8.50. The van der Waals surface area contributed by atoms with Gasteiger partial charge in [0.05, 0.1) is 11.2 Å². The minimum atomic E-state index is -0.752. The van der Waals surface area contributed by atoms with E-state index in [9.17, 15) is 18.8 Å². The van der Waals surface area contributed by atoms with E-state index in [1.165, 1.54) is 28.3 Å². The monoisotopic (exact) mass is 451 g/mol. The van der Waals surface area contributed by atoms with Gasteiger partial charge in [-0.1, -0.05) is 42.5 Å². The van der Waals surface area contributed by atoms with Crippen molar-refractivity contribution in [2.24, 2.45) is 0 Å². The van der Waals surface area contributed by atoms with Crippen LogP contribution in [0.2, 0.25) is 0 Å². The minimum absolute atomic E-state index is 0.103. The van der Waals surface area contributed by atoms with Crippen LogP contribution in [0.5, 0.6) is 0 Å². The van der Waals surface area contributed by atoms with E-state index < -0.39 is 17.1 Å². The SMILES string of the molecule is C[C@@H](CCc1ccccc1)NC(=O)Cn1c(=O)n(-c2ccccc2F)c(=O)c2sccc21. The average molecular weight is 452 g/mol. The van der Waals surface area contributed by atoms with Crippen LogP contribution in [0.25, 0.3) is 15.9 Å². The minimum Gasteiger partial charge on any atom is -0.352 e. The summed E-state index contributed by atoms with van der Waals surface area (Å²) in [4.78, 5) is 38.8. The van der Waals surface area contributed by atoms with Gasteiger partial charge in [0, 0.05) is 6.04 Å². The molecule has 0 aliphatic heterocycles. The molecule has 4 aromatic rings. The number of halogens is 1. The van der Waals surface area contributed by atoms with E-state index in [2.05, 4.69) is 5.32 Å². The highest BCUT2D eigenvalue weighted by Gasteiger charge is 2.19. The predicted molar refractivity (Wildman–Crippen MR) is 124 cm³/mol. The van der Waals surface area contributed by atoms with Gasteiger partial charge >= 0.3 is 5.69 Å². The van der Waals surface area contributed by atoms with Crippen LogP contribution in [0.4, 0.5) is 4.39 Å². The third kappa shape index (κ3) is 4.40. The van der Waals surface area contributed by atoms with Crippen LogP contribution in [0.1, 0.15) is 18.9 Å². The molecule has 0 fully saturated rings. The molecule has 164 valence electrons. The fraction of sp³-hybridized carbons (Fsp3) is 0.208. The summed E-state index contributed by atoms with van der Waals surface area (Å²) in [6.45, 7) is 1.64. The van der Waals surface area contributed by atoms with E-state index in [-0.39, 0.29) is 28.9 Å². The fourth-order valence-corrected chi connectivity index (χ4v) is 4.47. The van der Waals surface area contributed by atoms with Crippen LogP contribution >= 0.6 is 11.3 Å². The number of aryl methyl sites for hydroxylation is 1. The van der Waals surface area contributed by atoms with E-state index in [0.29, 0.717) is 5.52 Å². The van der Waals surface area contributed by atoms with Crippen molar-refractivity contribution in [1.29, 1.82) is 0 Å². The number of fused-ring (bicyclic) bond motifs is 1. The summed E-state index contributed by atoms with van der Waals surface area (Å²) < 4.78 is 16.7. The van der Waals surface area contributed by atoms with Crippen molar-refractivity contribution in [3.8, 4) is 5.69 Å². The standard InChI is InChI=1S/C24H22FN3O3S/c1-16(11-12-17-7-3-2-4-8-17)26-21(29)15-27-20-13-14-32-22(20)23(30)28(24(27)31)19-10-6-5-9-18(19)25/h2-10,13-14,16H,11-12,15H2,1H3,(H,26,29)/t16-/m0/s1. The largest absolute Gasteiger partial charge is 0.352 e. The van der Waals surface area contributed by atoms with Crippen molar-refractivity contribution in [1.82, 2.24) is 14.5 Å². The van der Waals surface area contributed by atoms with E-state index >= 15 is 0 Å². The van der Waals surface area contributed by atoms with E-state index in [1.54, 1.807) is 17.5 Å². The molecule has 4 rings (SSSR count). The zero-order valence-electron chi connectivity index (χ0n) is 17.5. The van der Waals surface area contributed by atoms with Gasteiger partial charge in [0.25, 0.3) is 5.56 Å². The highest BCUT2D eigenvalue weighted by Crippen LogP contribution is 2.17. The molecule has 2 aromatic carbocycles. The molecular weight excluding hydrogens is 429 g/mol. The zero-order chi connectivity index (χ0) is 22.7. The number of carbonyl (C=O) groups is 1. The van der Waals surface area contributed by atoms with Crippen LogP contribution in [-0.4, -0.2) is 21.1 Å². The third-order valence-corrected chi connectivity index (χ3v) is 6.16. The Morgan fingerprint density at radius 3 is 2.53 bits per heavy atom. The van der Waals surface area contributed by atoms with Crippen molar-refractivity contribution in [3.05, 3.63) is 98.3 Å². The molecule has 0 saturated heterocycles. The topological polar surface area (TPSA) is 73.1 Å². The number of carbonyl (C=O) groups excluding carboxylic acids is 1. The molecule has 32 heavy (non-hydrogen) atoms. The van der Waals surface area contributed by atoms with Crippen LogP contribution in [0.15, 0.2) is 75.6 Å². The first-order valence-electron chi connectivity index (χ1n) is 10.3. The molecular formula is C24H22FN3O3S. The molecule has 0 bridgehead atoms. The van der Waals surface area contributed by atoms with Gasteiger partial charge in [-0.15, -0.1) is 11.3 Å². The van der Waals surface area contributed by atoms with E-state index in [4.69, 9.17) is 0 Å². The first-order valence-corrected chi connectivity index (χ1v) is 11.1. The summed E-state index contributed by atoms with van der Waals surface area (Å²) in [5.74, 6) is -1.04. The summed E-state index contributed by atoms with van der Waals surface area (Å²) >= 11 is 1.15. The first-order chi connectivity index (χ1) is 15.5. The second-order valence-electron chi connectivity index (χ2n) is 7.59. The van der Waals surface area contributed by atoms with Crippen molar-refractivity contribution >= 4 is 27.5 Å². The van der Waals surface area contributed by atoms with Gasteiger partial charge in [-0.05, 0) is 48.9 Å². The molecule has 1 amide bonds. The highest BCUT2D eigenvalue weighted by atomic mass is 32.1. The molecule has 8 heteroatoms. The Hall–Kier alpha value is -3.52. The van der Waals surface area contributed by atoms with Gasteiger partial charge in [0.2, 0.25) is 5.91 Å². The Kier molecular flexibility index (Phi) is 6.32. The number of benzene rings is 2. The Balaban J connectivity index is 1.60. The lowest BCUT2D eigenvalue weighted by Crippen LogP contribution is -2.43. The molecule has 2 aromatic heterocycles. The maximum atomic E-state index is 14.4. The highest BCUT2D eigenvalue weighted by molar-refractivity contribution is 7.17. The Morgan fingerprint density at radius 2 is 1.78 bits per heavy atom. The molecule has 2 heterocycles. The molecule has 0 aliphatic rings. The molecule has 0 saturated carbocycles. The Morgan fingerprint density at radius 1 is 1.06 bits per heavy atom. The predicted octanol–water partition coefficient (Wildman–Crippen LogP) is 3.49. The molecule has 0 aliphatic carbocycles. The van der Waals surface area contributed by atoms with Gasteiger partial charge in [-0.2, -0.15) is 0 Å². The quantitative estimate of drug-likeness (QED) is 0.468. The van der Waals surface area contributed by atoms with Crippen molar-refractivity contribution in [3.63, 3.8) is 0 Å². The molecule has 6 nitrogen and oxygen atoms in total. The normalized spacial score (nSPS) is 12.1. The van der Waals surface area contributed by atoms with Gasteiger partial charge in [-0.25, -0.2) is 13.8 Å². The number of nitrogens with zero attached hydrogens (tertiary/aromatic N) is 2. The lowest BCUT2D eigenvalue weighted by molar-refractivity contribution is -0.122. The lowest BCUT2D eigenvalue weighted by atomic mass is 10.1. The first kappa shape index (κ1) is 21.7. The van der Waals surface area contributed by atoms with Gasteiger partial charge < -0.3 is 5.32 Å². The number of amides is 1. The van der Waals surface area contributed by atoms with Gasteiger partial charge in [0.1, 0.15) is 17.1 Å². The van der Waals surface area contributed by atoms with Crippen molar-refractivity contribution in [2.45, 2.75) is 32.4 Å². The lowest BCUT2D eigenvalue weighted by Gasteiger charge is -2.16. The van der Waals surface area contributed by atoms with Crippen molar-refractivity contribution in [2.75, 3.05) is 0 Å². The Bertz CT molecular complexity index is 1370. The summed E-state index contributed by atoms with van der Waals surface area (Å²) in [7, 11) is 0. The number of nitrogens with one attached hydrogen (secondary N) is 1. The van der Waals surface area contributed by atoms with Gasteiger partial charge in [0.15, 0.2) is 0 Å². The number of aromatic nitrogens is 2. The third-order valence-electron chi connectivity index (χ3n) is 5.27. The number of hydrogen-bond acceptors (Lipinski definition) is 4. The summed E-state index contributed by atoms with van der Waals surface area (Å²) in [6, 6.07) is 17.1. The summed E-state index contributed by atoms with van der Waals surface area (Å²) in [6.07, 6.45) is 1.56. The average Bonchev–Trinajstić information content (AvgIpc) is 3.27. The smallest absolute Gasteiger partial charge is 0.336 e. The number of hydrogen-bond donors (Lipinski definition) is 1. The van der Waals surface area contributed by atoms with Crippen LogP contribution in [0.3, 0.4) is 0 Å². The molecule has 0 spiro atoms. The molecule has 0 radical (unpaired) electrons. The van der Waals surface area contributed by atoms with Crippen LogP contribution in [0, 0.1) is 5.82 Å². The molecule has 1 N–H and O–H groups in total. The Labute approximate surface area is 187 Å². The van der Waals surface area contributed by atoms with Crippen molar-refractivity contribution < 1.29 is 9.18 Å². The second kappa shape index (κ2) is 9.32. The fourth-order valence-electron chi connectivity index (χ4n) is 3.65.